The summed E-state index contributed by atoms with van der Waals surface area (Å²) in [5, 5.41) is 7.65. The van der Waals surface area contributed by atoms with E-state index in [-0.39, 0.29) is 11.9 Å². The first-order chi connectivity index (χ1) is 9.17. The Balaban J connectivity index is 2.41. The zero-order valence-electron chi connectivity index (χ0n) is 10.8. The summed E-state index contributed by atoms with van der Waals surface area (Å²) in [4.78, 5) is 0.963. The molecule has 1 unspecified atom stereocenters. The Labute approximate surface area is 121 Å². The van der Waals surface area contributed by atoms with Crippen molar-refractivity contribution >= 4 is 23.1 Å². The summed E-state index contributed by atoms with van der Waals surface area (Å²) < 4.78 is 18.0. The highest BCUT2D eigenvalue weighted by Gasteiger charge is 2.22. The Morgan fingerprint density at radius 3 is 2.89 bits per heavy atom. The quantitative estimate of drug-likeness (QED) is 0.917. The molecule has 102 valence electrons. The van der Waals surface area contributed by atoms with Crippen LogP contribution in [-0.2, 0) is 6.42 Å². The monoisotopic (exact) mass is 299 g/mol. The fourth-order valence-corrected chi connectivity index (χ4v) is 2.99. The molecule has 19 heavy (non-hydrogen) atoms. The molecule has 0 aliphatic carbocycles. The predicted octanol–water partition coefficient (Wildman–Crippen LogP) is 3.59. The highest BCUT2D eigenvalue weighted by atomic mass is 35.5. The fraction of sp³-hybridized carbons (Fsp3) is 0.385. The van der Waals surface area contributed by atoms with E-state index in [2.05, 4.69) is 21.8 Å². The summed E-state index contributed by atoms with van der Waals surface area (Å²) in [5.74, 6) is -0.317. The Kier molecular flexibility index (Phi) is 4.85. The van der Waals surface area contributed by atoms with E-state index in [4.69, 9.17) is 11.6 Å². The lowest BCUT2D eigenvalue weighted by Gasteiger charge is -2.16. The van der Waals surface area contributed by atoms with Crippen LogP contribution in [0.1, 0.15) is 35.5 Å². The van der Waals surface area contributed by atoms with Crippen LogP contribution < -0.4 is 5.32 Å². The van der Waals surface area contributed by atoms with Gasteiger partial charge in [-0.15, -0.1) is 5.10 Å². The van der Waals surface area contributed by atoms with Gasteiger partial charge >= 0.3 is 0 Å². The van der Waals surface area contributed by atoms with Crippen LogP contribution in [0.5, 0.6) is 0 Å². The van der Waals surface area contributed by atoms with Crippen LogP contribution in [0.25, 0.3) is 0 Å². The van der Waals surface area contributed by atoms with Crippen molar-refractivity contribution in [2.75, 3.05) is 7.05 Å². The van der Waals surface area contributed by atoms with Gasteiger partial charge in [0.15, 0.2) is 0 Å². The molecule has 2 rings (SSSR count). The molecule has 1 N–H and O–H groups in total. The van der Waals surface area contributed by atoms with E-state index < -0.39 is 0 Å². The van der Waals surface area contributed by atoms with E-state index in [0.29, 0.717) is 10.6 Å². The zero-order chi connectivity index (χ0) is 13.8. The van der Waals surface area contributed by atoms with E-state index in [1.165, 1.54) is 17.6 Å². The molecule has 0 radical (unpaired) electrons. The molecule has 2 aromatic rings. The summed E-state index contributed by atoms with van der Waals surface area (Å²) in [6, 6.07) is 4.49. The van der Waals surface area contributed by atoms with E-state index in [9.17, 15) is 4.39 Å². The lowest BCUT2D eigenvalue weighted by Crippen LogP contribution is -2.19. The van der Waals surface area contributed by atoms with Crippen molar-refractivity contribution in [2.45, 2.75) is 25.8 Å². The molecule has 0 aliphatic heterocycles. The van der Waals surface area contributed by atoms with Gasteiger partial charge in [-0.1, -0.05) is 35.5 Å². The minimum atomic E-state index is -0.317. The lowest BCUT2D eigenvalue weighted by molar-refractivity contribution is 0.577. The third-order valence-corrected chi connectivity index (χ3v) is 3.96. The van der Waals surface area contributed by atoms with Gasteiger partial charge in [-0.2, -0.15) is 0 Å². The minimum absolute atomic E-state index is 0.237. The second kappa shape index (κ2) is 6.41. The number of nitrogens with one attached hydrogen (secondary N) is 1. The van der Waals surface area contributed by atoms with E-state index in [1.807, 2.05) is 0 Å². The van der Waals surface area contributed by atoms with Gasteiger partial charge < -0.3 is 5.32 Å². The normalized spacial score (nSPS) is 12.6. The number of nitrogens with zero attached hydrogens (tertiary/aromatic N) is 2. The van der Waals surface area contributed by atoms with Crippen LogP contribution in [0, 0.1) is 5.82 Å². The first-order valence-corrected chi connectivity index (χ1v) is 7.25. The average Bonchev–Trinajstić information content (AvgIpc) is 2.82. The number of aromatic nitrogens is 2. The van der Waals surface area contributed by atoms with Crippen LogP contribution >= 0.6 is 23.1 Å². The highest BCUT2D eigenvalue weighted by molar-refractivity contribution is 7.05. The zero-order valence-corrected chi connectivity index (χ0v) is 12.4. The fourth-order valence-electron chi connectivity index (χ4n) is 2.01. The molecule has 0 amide bonds. The number of rotatable bonds is 5. The molecule has 0 saturated carbocycles. The number of benzene rings is 1. The molecule has 1 atom stereocenters. The van der Waals surface area contributed by atoms with Crippen molar-refractivity contribution in [3.05, 3.63) is 45.2 Å². The molecular formula is C13H15ClFN3S. The molecule has 1 heterocycles. The maximum absolute atomic E-state index is 14.0. The molecule has 6 heteroatoms. The van der Waals surface area contributed by atoms with Gasteiger partial charge in [0, 0.05) is 10.6 Å². The Morgan fingerprint density at radius 1 is 1.47 bits per heavy atom. The van der Waals surface area contributed by atoms with E-state index in [0.717, 1.165) is 23.4 Å². The maximum Gasteiger partial charge on any atom is 0.129 e. The molecule has 0 bridgehead atoms. The van der Waals surface area contributed by atoms with Crippen LogP contribution in [-0.4, -0.2) is 16.6 Å². The topological polar surface area (TPSA) is 37.8 Å². The average molecular weight is 300 g/mol. The summed E-state index contributed by atoms with van der Waals surface area (Å²) in [6.07, 6.45) is 1.83. The van der Waals surface area contributed by atoms with Crippen molar-refractivity contribution < 1.29 is 4.39 Å². The minimum Gasteiger partial charge on any atom is -0.308 e. The molecule has 0 saturated heterocycles. The highest BCUT2D eigenvalue weighted by Crippen LogP contribution is 2.30. The smallest absolute Gasteiger partial charge is 0.129 e. The number of hydrogen-bond acceptors (Lipinski definition) is 4. The lowest BCUT2D eigenvalue weighted by atomic mass is 10.0. The standard InChI is InChI=1S/C13H15ClFN3S/c1-3-4-11-13(19-18-17-11)12(16-2)9-6-5-8(14)7-10(9)15/h5-7,12,16H,3-4H2,1-2H3. The SMILES string of the molecule is CCCc1nnsc1C(NC)c1ccc(Cl)cc1F. The molecule has 1 aromatic carbocycles. The summed E-state index contributed by atoms with van der Waals surface area (Å²) in [7, 11) is 1.80. The van der Waals surface area contributed by atoms with Crippen molar-refractivity contribution in [1.82, 2.24) is 14.9 Å². The third-order valence-electron chi connectivity index (χ3n) is 2.90. The van der Waals surface area contributed by atoms with Gasteiger partial charge in [0.1, 0.15) is 5.82 Å². The third kappa shape index (κ3) is 3.11. The molecule has 3 nitrogen and oxygen atoms in total. The van der Waals surface area contributed by atoms with E-state index >= 15 is 0 Å². The van der Waals surface area contributed by atoms with Crippen molar-refractivity contribution in [3.8, 4) is 0 Å². The summed E-state index contributed by atoms with van der Waals surface area (Å²) in [6.45, 7) is 2.08. The summed E-state index contributed by atoms with van der Waals surface area (Å²) in [5.41, 5.74) is 1.50. The van der Waals surface area contributed by atoms with Gasteiger partial charge in [0.25, 0.3) is 0 Å². The van der Waals surface area contributed by atoms with Crippen molar-refractivity contribution in [1.29, 1.82) is 0 Å². The number of aryl methyl sites for hydroxylation is 1. The van der Waals surface area contributed by atoms with Gasteiger partial charge in [-0.3, -0.25) is 0 Å². The molecule has 0 spiro atoms. The van der Waals surface area contributed by atoms with Gasteiger partial charge in [0.05, 0.1) is 16.6 Å². The van der Waals surface area contributed by atoms with Gasteiger partial charge in [-0.05, 0) is 37.1 Å². The largest absolute Gasteiger partial charge is 0.308 e. The molecular weight excluding hydrogens is 285 g/mol. The Morgan fingerprint density at radius 2 is 2.26 bits per heavy atom. The van der Waals surface area contributed by atoms with Crippen molar-refractivity contribution in [2.24, 2.45) is 0 Å². The van der Waals surface area contributed by atoms with Crippen LogP contribution in [0.15, 0.2) is 18.2 Å². The van der Waals surface area contributed by atoms with Crippen molar-refractivity contribution in [3.63, 3.8) is 0 Å². The molecule has 0 aliphatic rings. The predicted molar refractivity (Wildman–Crippen MR) is 76.2 cm³/mol. The van der Waals surface area contributed by atoms with Gasteiger partial charge in [0.2, 0.25) is 0 Å². The van der Waals surface area contributed by atoms with Crippen LogP contribution in [0.3, 0.4) is 0 Å². The molecule has 0 fully saturated rings. The number of halogens is 2. The van der Waals surface area contributed by atoms with E-state index in [1.54, 1.807) is 19.2 Å². The maximum atomic E-state index is 14.0. The second-order valence-corrected chi connectivity index (χ2v) is 5.44. The first kappa shape index (κ1) is 14.4. The first-order valence-electron chi connectivity index (χ1n) is 6.10. The van der Waals surface area contributed by atoms with Crippen LogP contribution in [0.4, 0.5) is 4.39 Å². The Hall–Kier alpha value is -1.04. The van der Waals surface area contributed by atoms with Crippen LogP contribution in [0.2, 0.25) is 5.02 Å². The molecule has 1 aromatic heterocycles. The Bertz CT molecular complexity index is 559. The van der Waals surface area contributed by atoms with Gasteiger partial charge in [-0.25, -0.2) is 4.39 Å². The second-order valence-electron chi connectivity index (χ2n) is 4.22. The summed E-state index contributed by atoms with van der Waals surface area (Å²) >= 11 is 7.09. The number of hydrogen-bond donors (Lipinski definition) is 1.